The van der Waals surface area contributed by atoms with Gasteiger partial charge in [-0.2, -0.15) is 0 Å². The summed E-state index contributed by atoms with van der Waals surface area (Å²) in [7, 11) is 0. The predicted molar refractivity (Wildman–Crippen MR) is 109 cm³/mol. The van der Waals surface area contributed by atoms with Gasteiger partial charge in [-0.25, -0.2) is 0 Å². The summed E-state index contributed by atoms with van der Waals surface area (Å²) in [5.41, 5.74) is 2.63. The molecular formula is C23H29ClN2O. The van der Waals surface area contributed by atoms with Crippen molar-refractivity contribution in [3.05, 3.63) is 46.5 Å². The lowest BCUT2D eigenvalue weighted by atomic mass is 9.68. The van der Waals surface area contributed by atoms with E-state index in [1.54, 1.807) is 5.57 Å². The van der Waals surface area contributed by atoms with Gasteiger partial charge in [-0.15, -0.1) is 0 Å². The van der Waals surface area contributed by atoms with Crippen molar-refractivity contribution in [2.75, 3.05) is 19.6 Å². The number of fused-ring (bicyclic) bond motifs is 6. The molecule has 4 heteroatoms. The van der Waals surface area contributed by atoms with Gasteiger partial charge < -0.3 is 4.90 Å². The van der Waals surface area contributed by atoms with Crippen LogP contribution in [0.2, 0.25) is 5.02 Å². The van der Waals surface area contributed by atoms with Crippen molar-refractivity contribution in [3.8, 4) is 0 Å². The molecule has 1 aliphatic carbocycles. The monoisotopic (exact) mass is 384 g/mol. The maximum Gasteiger partial charge on any atom is 0.227 e. The van der Waals surface area contributed by atoms with Crippen LogP contribution in [-0.2, 0) is 11.2 Å². The van der Waals surface area contributed by atoms with Crippen molar-refractivity contribution in [1.82, 2.24) is 9.80 Å². The molecule has 1 amide bonds. The molecule has 0 radical (unpaired) electrons. The van der Waals surface area contributed by atoms with Crippen molar-refractivity contribution in [2.45, 2.75) is 57.0 Å². The summed E-state index contributed by atoms with van der Waals surface area (Å²) in [6.07, 6.45) is 10.8. The number of hydrogen-bond acceptors (Lipinski definition) is 2. The Morgan fingerprint density at radius 2 is 1.96 bits per heavy atom. The van der Waals surface area contributed by atoms with Crippen LogP contribution in [0.4, 0.5) is 0 Å². The maximum absolute atomic E-state index is 13.2. The number of benzene rings is 1. The number of rotatable bonds is 2. The molecule has 1 aromatic carbocycles. The van der Waals surface area contributed by atoms with E-state index < -0.39 is 0 Å². The van der Waals surface area contributed by atoms with Gasteiger partial charge in [0.2, 0.25) is 5.91 Å². The zero-order chi connectivity index (χ0) is 18.4. The summed E-state index contributed by atoms with van der Waals surface area (Å²) in [5, 5.41) is 0.728. The highest BCUT2D eigenvalue weighted by Crippen LogP contribution is 2.45. The normalized spacial score (nSPS) is 33.1. The molecule has 0 aromatic heterocycles. The van der Waals surface area contributed by atoms with Crippen LogP contribution in [0.25, 0.3) is 0 Å². The standard InChI is InChI=1S/C23H29ClN2O/c24-20-8-6-16(7-9-20)12-22(27)26-11-3-4-17-13-18-14-19(23(17)26)15-25-10-2-1-5-21(18)25/h6-9,13,18-19,21,23H,1-5,10-12,14-15H2/t18?,19?,21-,23-/m1/s1. The lowest BCUT2D eigenvalue weighted by molar-refractivity contribution is -0.135. The molecule has 3 nitrogen and oxygen atoms in total. The molecule has 1 aromatic rings. The Kier molecular flexibility index (Phi) is 4.77. The van der Waals surface area contributed by atoms with Crippen LogP contribution in [0.5, 0.6) is 0 Å². The molecule has 4 atom stereocenters. The average Bonchev–Trinajstić information content (AvgIpc) is 2.69. The Morgan fingerprint density at radius 3 is 2.81 bits per heavy atom. The first kappa shape index (κ1) is 17.8. The second-order valence-corrected chi connectivity index (χ2v) is 9.33. The van der Waals surface area contributed by atoms with Crippen LogP contribution in [0.3, 0.4) is 0 Å². The third-order valence-electron chi connectivity index (χ3n) is 7.25. The second kappa shape index (κ2) is 7.25. The average molecular weight is 385 g/mol. The Bertz CT molecular complexity index is 743. The first-order valence-corrected chi connectivity index (χ1v) is 11.1. The molecule has 27 heavy (non-hydrogen) atoms. The van der Waals surface area contributed by atoms with Crippen molar-refractivity contribution in [3.63, 3.8) is 0 Å². The van der Waals surface area contributed by atoms with Crippen molar-refractivity contribution in [1.29, 1.82) is 0 Å². The van der Waals surface area contributed by atoms with Gasteiger partial charge in [-0.1, -0.05) is 41.8 Å². The predicted octanol–water partition coefficient (Wildman–Crippen LogP) is 4.30. The highest BCUT2D eigenvalue weighted by molar-refractivity contribution is 6.30. The van der Waals surface area contributed by atoms with Crippen molar-refractivity contribution >= 4 is 17.5 Å². The first-order chi connectivity index (χ1) is 13.2. The molecule has 3 fully saturated rings. The minimum absolute atomic E-state index is 0.284. The van der Waals surface area contributed by atoms with E-state index in [1.165, 1.54) is 45.2 Å². The summed E-state index contributed by atoms with van der Waals surface area (Å²) >= 11 is 5.99. The number of piperidine rings is 3. The molecule has 4 aliphatic rings. The fraction of sp³-hybridized carbons (Fsp3) is 0.609. The Morgan fingerprint density at radius 1 is 1.11 bits per heavy atom. The number of likely N-dealkylation sites (tertiary alicyclic amines) is 1. The number of hydrogen-bond donors (Lipinski definition) is 0. The molecule has 0 spiro atoms. The summed E-state index contributed by atoms with van der Waals surface area (Å²) < 4.78 is 0. The quantitative estimate of drug-likeness (QED) is 0.709. The minimum atomic E-state index is 0.284. The van der Waals surface area contributed by atoms with Crippen LogP contribution < -0.4 is 0 Å². The van der Waals surface area contributed by atoms with Gasteiger partial charge in [0.05, 0.1) is 12.5 Å². The molecule has 2 unspecified atom stereocenters. The van der Waals surface area contributed by atoms with E-state index in [-0.39, 0.29) is 5.91 Å². The molecule has 144 valence electrons. The zero-order valence-corrected chi connectivity index (χ0v) is 16.7. The van der Waals surface area contributed by atoms with Crippen LogP contribution >= 0.6 is 11.6 Å². The topological polar surface area (TPSA) is 23.6 Å². The first-order valence-electron chi connectivity index (χ1n) is 10.7. The molecule has 3 aliphatic heterocycles. The SMILES string of the molecule is O=C(Cc1ccc(Cl)cc1)N1CCCC2=CC3CC(CN4CCCC[C@H]34)[C@@H]21. The molecule has 0 N–H and O–H groups in total. The van der Waals surface area contributed by atoms with Crippen LogP contribution in [0, 0.1) is 11.8 Å². The molecule has 3 saturated heterocycles. The van der Waals surface area contributed by atoms with Gasteiger partial charge >= 0.3 is 0 Å². The van der Waals surface area contributed by atoms with E-state index in [1.807, 2.05) is 24.3 Å². The fourth-order valence-electron chi connectivity index (χ4n) is 6.13. The van der Waals surface area contributed by atoms with Gasteiger partial charge in [0, 0.05) is 24.2 Å². The molecule has 2 bridgehead atoms. The largest absolute Gasteiger partial charge is 0.335 e. The summed E-state index contributed by atoms with van der Waals surface area (Å²) in [5.74, 6) is 1.63. The van der Waals surface area contributed by atoms with E-state index in [0.29, 0.717) is 18.4 Å². The van der Waals surface area contributed by atoms with Crippen LogP contribution in [-0.4, -0.2) is 47.4 Å². The third-order valence-corrected chi connectivity index (χ3v) is 7.50. The van der Waals surface area contributed by atoms with E-state index >= 15 is 0 Å². The third kappa shape index (κ3) is 3.34. The fourth-order valence-corrected chi connectivity index (χ4v) is 6.26. The summed E-state index contributed by atoms with van der Waals surface area (Å²) in [6.45, 7) is 3.36. The van der Waals surface area contributed by atoms with Gasteiger partial charge in [-0.3, -0.25) is 9.69 Å². The van der Waals surface area contributed by atoms with Crippen molar-refractivity contribution in [2.24, 2.45) is 11.8 Å². The van der Waals surface area contributed by atoms with E-state index in [0.717, 1.165) is 35.5 Å². The smallest absolute Gasteiger partial charge is 0.227 e. The number of amides is 1. The second-order valence-electron chi connectivity index (χ2n) is 8.90. The molecule has 3 heterocycles. The highest BCUT2D eigenvalue weighted by atomic mass is 35.5. The number of halogens is 1. The van der Waals surface area contributed by atoms with E-state index in [4.69, 9.17) is 11.6 Å². The van der Waals surface area contributed by atoms with Gasteiger partial charge in [-0.05, 0) is 68.2 Å². The lowest BCUT2D eigenvalue weighted by Crippen LogP contribution is -2.60. The number of nitrogens with zero attached hydrogens (tertiary/aromatic N) is 2. The van der Waals surface area contributed by atoms with Crippen LogP contribution in [0.15, 0.2) is 35.9 Å². The van der Waals surface area contributed by atoms with Gasteiger partial charge in [0.15, 0.2) is 0 Å². The maximum atomic E-state index is 13.2. The van der Waals surface area contributed by atoms with Crippen LogP contribution in [0.1, 0.15) is 44.1 Å². The van der Waals surface area contributed by atoms with E-state index in [9.17, 15) is 4.79 Å². The van der Waals surface area contributed by atoms with E-state index in [2.05, 4.69) is 15.9 Å². The Labute approximate surface area is 167 Å². The van der Waals surface area contributed by atoms with Gasteiger partial charge in [0.1, 0.15) is 0 Å². The Balaban J connectivity index is 1.38. The van der Waals surface area contributed by atoms with Crippen molar-refractivity contribution < 1.29 is 4.79 Å². The zero-order valence-electron chi connectivity index (χ0n) is 15.9. The highest BCUT2D eigenvalue weighted by Gasteiger charge is 2.46. The molecule has 5 rings (SSSR count). The lowest BCUT2D eigenvalue weighted by Gasteiger charge is -2.54. The molecule has 0 saturated carbocycles. The number of carbonyl (C=O) groups is 1. The minimum Gasteiger partial charge on any atom is -0.335 e. The Hall–Kier alpha value is -1.32. The van der Waals surface area contributed by atoms with Gasteiger partial charge in [0.25, 0.3) is 0 Å². The number of carbonyl (C=O) groups excluding carboxylic acids is 1. The summed E-state index contributed by atoms with van der Waals surface area (Å²) in [4.78, 5) is 18.2. The summed E-state index contributed by atoms with van der Waals surface area (Å²) in [6, 6.07) is 8.85. The molecular weight excluding hydrogens is 356 g/mol.